The highest BCUT2D eigenvalue weighted by Crippen LogP contribution is 2.34. The molecule has 0 fully saturated rings. The minimum atomic E-state index is -0.621. The van der Waals surface area contributed by atoms with E-state index >= 15 is 0 Å². The number of hydrogen-bond donors (Lipinski definition) is 1. The normalized spacial score (nSPS) is 10.7. The van der Waals surface area contributed by atoms with E-state index in [1.807, 2.05) is 37.3 Å². The van der Waals surface area contributed by atoms with Gasteiger partial charge in [0.2, 0.25) is 0 Å². The quantitative estimate of drug-likeness (QED) is 0.568. The van der Waals surface area contributed by atoms with E-state index in [0.29, 0.717) is 23.4 Å². The van der Waals surface area contributed by atoms with Gasteiger partial charge in [-0.15, -0.1) is 0 Å². The molecule has 5 heteroatoms. The Kier molecular flexibility index (Phi) is 4.70. The number of carbonyl (C=O) groups is 1. The van der Waals surface area contributed by atoms with Crippen molar-refractivity contribution in [2.24, 2.45) is 0 Å². The van der Waals surface area contributed by atoms with E-state index < -0.39 is 5.97 Å². The van der Waals surface area contributed by atoms with E-state index in [1.54, 1.807) is 18.3 Å². The number of aromatic hydroxyl groups is 1. The van der Waals surface area contributed by atoms with Crippen molar-refractivity contribution in [1.82, 2.24) is 9.97 Å². The first-order chi connectivity index (χ1) is 11.7. The number of benzene rings is 1. The van der Waals surface area contributed by atoms with Crippen LogP contribution in [0.2, 0.25) is 0 Å². The molecule has 3 aromatic rings. The summed E-state index contributed by atoms with van der Waals surface area (Å²) in [6.45, 7) is 2.32. The molecule has 122 valence electrons. The Balaban J connectivity index is 2.14. The molecule has 0 aliphatic heterocycles. The van der Waals surface area contributed by atoms with Crippen LogP contribution in [0.3, 0.4) is 0 Å². The van der Waals surface area contributed by atoms with Crippen LogP contribution in [0.4, 0.5) is 0 Å². The van der Waals surface area contributed by atoms with Crippen LogP contribution in [0.15, 0.2) is 48.7 Å². The molecule has 0 amide bonds. The lowest BCUT2D eigenvalue weighted by molar-refractivity contribution is 0.0490. The van der Waals surface area contributed by atoms with Crippen LogP contribution < -0.4 is 0 Å². The maximum atomic E-state index is 12.3. The molecule has 3 rings (SSSR count). The molecule has 0 aliphatic carbocycles. The molecule has 2 aromatic heterocycles. The standard InChI is InChI=1S/C19H18N2O3/c1-2-3-12-24-19(23)17-18(22)14-9-5-4-8-13(14)16(21-17)15-10-6-7-11-20-15/h4-11,22H,2-3,12H2,1H3. The summed E-state index contributed by atoms with van der Waals surface area (Å²) in [4.78, 5) is 21.0. The number of fused-ring (bicyclic) bond motifs is 1. The first-order valence-corrected chi connectivity index (χ1v) is 7.92. The van der Waals surface area contributed by atoms with E-state index in [9.17, 15) is 9.90 Å². The van der Waals surface area contributed by atoms with Gasteiger partial charge in [0.15, 0.2) is 11.4 Å². The fraction of sp³-hybridized carbons (Fsp3) is 0.211. The predicted octanol–water partition coefficient (Wildman–Crippen LogP) is 3.96. The third-order valence-corrected chi connectivity index (χ3v) is 3.72. The van der Waals surface area contributed by atoms with Crippen molar-refractivity contribution in [3.8, 4) is 17.1 Å². The van der Waals surface area contributed by atoms with Gasteiger partial charge in [-0.2, -0.15) is 0 Å². The van der Waals surface area contributed by atoms with Crippen molar-refractivity contribution in [2.75, 3.05) is 6.61 Å². The number of pyridine rings is 2. The third kappa shape index (κ3) is 3.06. The zero-order valence-corrected chi connectivity index (χ0v) is 13.4. The summed E-state index contributed by atoms with van der Waals surface area (Å²) >= 11 is 0. The summed E-state index contributed by atoms with van der Waals surface area (Å²) in [6, 6.07) is 12.7. The van der Waals surface area contributed by atoms with Gasteiger partial charge in [-0.05, 0) is 18.6 Å². The largest absolute Gasteiger partial charge is 0.505 e. The van der Waals surface area contributed by atoms with Crippen LogP contribution in [-0.4, -0.2) is 27.7 Å². The smallest absolute Gasteiger partial charge is 0.360 e. The van der Waals surface area contributed by atoms with Crippen LogP contribution in [0.5, 0.6) is 5.75 Å². The molecule has 1 N–H and O–H groups in total. The summed E-state index contributed by atoms with van der Waals surface area (Å²) in [7, 11) is 0. The molecule has 2 heterocycles. The van der Waals surface area contributed by atoms with Gasteiger partial charge in [0, 0.05) is 17.0 Å². The first kappa shape index (κ1) is 15.9. The Morgan fingerprint density at radius 1 is 1.12 bits per heavy atom. The molecule has 0 unspecified atom stereocenters. The molecular weight excluding hydrogens is 304 g/mol. The van der Waals surface area contributed by atoms with Gasteiger partial charge in [-0.3, -0.25) is 4.98 Å². The molecule has 0 saturated carbocycles. The van der Waals surface area contributed by atoms with E-state index in [2.05, 4.69) is 9.97 Å². The molecule has 0 aliphatic rings. The van der Waals surface area contributed by atoms with Gasteiger partial charge < -0.3 is 9.84 Å². The van der Waals surface area contributed by atoms with E-state index in [0.717, 1.165) is 18.2 Å². The Bertz CT molecular complexity index is 863. The van der Waals surface area contributed by atoms with Crippen LogP contribution >= 0.6 is 0 Å². The number of aromatic nitrogens is 2. The van der Waals surface area contributed by atoms with Crippen molar-refractivity contribution in [2.45, 2.75) is 19.8 Å². The fourth-order valence-corrected chi connectivity index (χ4v) is 2.47. The summed E-state index contributed by atoms with van der Waals surface area (Å²) in [5.41, 5.74) is 1.10. The molecule has 5 nitrogen and oxygen atoms in total. The van der Waals surface area contributed by atoms with Gasteiger partial charge in [-0.1, -0.05) is 43.7 Å². The van der Waals surface area contributed by atoms with Gasteiger partial charge >= 0.3 is 5.97 Å². The number of esters is 1. The fourth-order valence-electron chi connectivity index (χ4n) is 2.47. The van der Waals surface area contributed by atoms with E-state index in [-0.39, 0.29) is 11.4 Å². The van der Waals surface area contributed by atoms with Crippen LogP contribution in [0, 0.1) is 0 Å². The zero-order valence-electron chi connectivity index (χ0n) is 13.4. The monoisotopic (exact) mass is 322 g/mol. The molecule has 1 aromatic carbocycles. The molecule has 0 atom stereocenters. The maximum absolute atomic E-state index is 12.3. The lowest BCUT2D eigenvalue weighted by Gasteiger charge is -2.11. The summed E-state index contributed by atoms with van der Waals surface area (Å²) in [5.74, 6) is -0.782. The van der Waals surface area contributed by atoms with Crippen LogP contribution in [0.25, 0.3) is 22.2 Å². The van der Waals surface area contributed by atoms with Crippen LogP contribution in [-0.2, 0) is 4.74 Å². The summed E-state index contributed by atoms with van der Waals surface area (Å²) in [5, 5.41) is 11.8. The third-order valence-electron chi connectivity index (χ3n) is 3.72. The van der Waals surface area contributed by atoms with Crippen molar-refractivity contribution in [1.29, 1.82) is 0 Å². The molecule has 0 saturated heterocycles. The Morgan fingerprint density at radius 2 is 1.88 bits per heavy atom. The minimum Gasteiger partial charge on any atom is -0.505 e. The van der Waals surface area contributed by atoms with Crippen molar-refractivity contribution in [3.63, 3.8) is 0 Å². The van der Waals surface area contributed by atoms with Crippen molar-refractivity contribution in [3.05, 3.63) is 54.4 Å². The molecular formula is C19H18N2O3. The van der Waals surface area contributed by atoms with E-state index in [1.165, 1.54) is 0 Å². The highest BCUT2D eigenvalue weighted by Gasteiger charge is 2.21. The summed E-state index contributed by atoms with van der Waals surface area (Å²) in [6.07, 6.45) is 3.36. The predicted molar refractivity (Wildman–Crippen MR) is 91.8 cm³/mol. The SMILES string of the molecule is CCCCOC(=O)c1nc(-c2ccccn2)c2ccccc2c1O. The number of ether oxygens (including phenoxy) is 1. The Hall–Kier alpha value is -2.95. The number of carbonyl (C=O) groups excluding carboxylic acids is 1. The summed E-state index contributed by atoms with van der Waals surface area (Å²) < 4.78 is 5.21. The lowest BCUT2D eigenvalue weighted by Crippen LogP contribution is -2.10. The van der Waals surface area contributed by atoms with Gasteiger partial charge in [0.1, 0.15) is 0 Å². The minimum absolute atomic E-state index is 0.0783. The Labute approximate surface area is 140 Å². The number of nitrogens with zero attached hydrogens (tertiary/aromatic N) is 2. The topological polar surface area (TPSA) is 72.3 Å². The maximum Gasteiger partial charge on any atom is 0.360 e. The van der Waals surface area contributed by atoms with Crippen LogP contribution in [0.1, 0.15) is 30.3 Å². The number of rotatable bonds is 5. The Morgan fingerprint density at radius 3 is 2.58 bits per heavy atom. The van der Waals surface area contributed by atoms with Crippen molar-refractivity contribution < 1.29 is 14.6 Å². The van der Waals surface area contributed by atoms with Crippen molar-refractivity contribution >= 4 is 16.7 Å². The second-order valence-electron chi connectivity index (χ2n) is 5.41. The second kappa shape index (κ2) is 7.08. The highest BCUT2D eigenvalue weighted by atomic mass is 16.5. The average Bonchev–Trinajstić information content (AvgIpc) is 2.63. The van der Waals surface area contributed by atoms with Gasteiger partial charge in [0.25, 0.3) is 0 Å². The zero-order chi connectivity index (χ0) is 16.9. The van der Waals surface area contributed by atoms with Gasteiger partial charge in [-0.25, -0.2) is 9.78 Å². The number of hydrogen-bond acceptors (Lipinski definition) is 5. The molecule has 0 spiro atoms. The molecule has 0 radical (unpaired) electrons. The second-order valence-corrected chi connectivity index (χ2v) is 5.41. The van der Waals surface area contributed by atoms with Gasteiger partial charge in [0.05, 0.1) is 18.0 Å². The lowest BCUT2D eigenvalue weighted by atomic mass is 10.0. The highest BCUT2D eigenvalue weighted by molar-refractivity contribution is 6.04. The average molecular weight is 322 g/mol. The molecule has 24 heavy (non-hydrogen) atoms. The molecule has 0 bridgehead atoms. The first-order valence-electron chi connectivity index (χ1n) is 7.92. The number of unbranched alkanes of at least 4 members (excludes halogenated alkanes) is 1. The van der Waals surface area contributed by atoms with E-state index in [4.69, 9.17) is 4.74 Å².